The molecule has 0 saturated carbocycles. The van der Waals surface area contributed by atoms with E-state index in [0.717, 1.165) is 16.1 Å². The van der Waals surface area contributed by atoms with E-state index in [0.29, 0.717) is 17.7 Å². The number of rotatable bonds is 7. The largest absolute Gasteiger partial charge is 0.481 e. The molecule has 0 saturated heterocycles. The highest BCUT2D eigenvalue weighted by molar-refractivity contribution is 7.92. The van der Waals surface area contributed by atoms with Crippen LogP contribution in [0.2, 0.25) is 0 Å². The van der Waals surface area contributed by atoms with Crippen molar-refractivity contribution in [2.45, 2.75) is 18.6 Å². The molecule has 1 unspecified atom stereocenters. The van der Waals surface area contributed by atoms with Gasteiger partial charge in [-0.3, -0.25) is 9.10 Å². The van der Waals surface area contributed by atoms with Gasteiger partial charge in [-0.2, -0.15) is 0 Å². The van der Waals surface area contributed by atoms with Crippen LogP contribution >= 0.6 is 0 Å². The van der Waals surface area contributed by atoms with Crippen molar-refractivity contribution in [1.82, 2.24) is 0 Å². The van der Waals surface area contributed by atoms with Crippen LogP contribution in [0.5, 0.6) is 0 Å². The van der Waals surface area contributed by atoms with E-state index < -0.39 is 28.2 Å². The second-order valence-electron chi connectivity index (χ2n) is 5.17. The Bertz CT molecular complexity index is 668. The Morgan fingerprint density at radius 1 is 1.41 bits per heavy atom. The first-order valence-electron chi connectivity index (χ1n) is 6.67. The Balaban J connectivity index is 2.35. The third-order valence-electron chi connectivity index (χ3n) is 3.76. The monoisotopic (exact) mass is 329 g/mol. The molecule has 0 radical (unpaired) electrons. The lowest BCUT2D eigenvalue weighted by Crippen LogP contribution is -2.39. The second kappa shape index (κ2) is 6.23. The number of hydrogen-bond donors (Lipinski definition) is 1. The smallest absolute Gasteiger partial charge is 0.311 e. The van der Waals surface area contributed by atoms with E-state index in [1.165, 1.54) is 14.2 Å². The summed E-state index contributed by atoms with van der Waals surface area (Å²) in [6.07, 6.45) is 0.850. The molecule has 2 rings (SSSR count). The van der Waals surface area contributed by atoms with Crippen LogP contribution in [0.4, 0.5) is 5.69 Å². The Kier molecular flexibility index (Phi) is 4.74. The molecule has 1 aliphatic carbocycles. The topological polar surface area (TPSA) is 93.1 Å². The molecule has 0 spiro atoms. The zero-order valence-electron chi connectivity index (χ0n) is 12.6. The van der Waals surface area contributed by atoms with Gasteiger partial charge in [-0.25, -0.2) is 8.42 Å². The van der Waals surface area contributed by atoms with Gasteiger partial charge in [-0.1, -0.05) is 6.07 Å². The summed E-state index contributed by atoms with van der Waals surface area (Å²) in [7, 11) is -0.704. The molecule has 1 aromatic rings. The standard InChI is InChI=1S/C14H19NO6S/c1-20-13(21-2)8-15(22(3,18)19)10-5-4-9-6-12(14(16)17)11(9)7-10/h4-5,7,12-13H,6,8H2,1-3H3,(H,16,17). The van der Waals surface area contributed by atoms with Gasteiger partial charge in [0.2, 0.25) is 10.0 Å². The first kappa shape index (κ1) is 16.7. The van der Waals surface area contributed by atoms with Gasteiger partial charge in [0.05, 0.1) is 24.4 Å². The SMILES string of the molecule is COC(CN(c1ccc2c(c1)C(C(=O)O)C2)S(C)(=O)=O)OC. The van der Waals surface area contributed by atoms with Crippen LogP contribution < -0.4 is 4.31 Å². The normalized spacial score (nSPS) is 17.0. The minimum atomic E-state index is -3.55. The van der Waals surface area contributed by atoms with Gasteiger partial charge in [0.25, 0.3) is 0 Å². The molecule has 0 amide bonds. The van der Waals surface area contributed by atoms with Crippen LogP contribution in [0.25, 0.3) is 0 Å². The fourth-order valence-corrected chi connectivity index (χ4v) is 3.37. The molecular formula is C14H19NO6S. The van der Waals surface area contributed by atoms with Crippen molar-refractivity contribution in [2.24, 2.45) is 0 Å². The number of carboxylic acids is 1. The maximum Gasteiger partial charge on any atom is 0.311 e. The van der Waals surface area contributed by atoms with E-state index in [1.807, 2.05) is 0 Å². The quantitative estimate of drug-likeness (QED) is 0.744. The number of benzene rings is 1. The average Bonchev–Trinajstić information content (AvgIpc) is 2.40. The van der Waals surface area contributed by atoms with Crippen molar-refractivity contribution < 1.29 is 27.8 Å². The molecule has 0 bridgehead atoms. The predicted molar refractivity (Wildman–Crippen MR) is 80.5 cm³/mol. The summed E-state index contributed by atoms with van der Waals surface area (Å²) < 4.78 is 35.3. The highest BCUT2D eigenvalue weighted by atomic mass is 32.2. The van der Waals surface area contributed by atoms with E-state index in [1.54, 1.807) is 18.2 Å². The van der Waals surface area contributed by atoms with Crippen LogP contribution in [0, 0.1) is 0 Å². The molecule has 22 heavy (non-hydrogen) atoms. The van der Waals surface area contributed by atoms with Gasteiger partial charge >= 0.3 is 5.97 Å². The molecule has 0 aliphatic heterocycles. The Labute approximate surface area is 129 Å². The lowest BCUT2D eigenvalue weighted by Gasteiger charge is -2.31. The van der Waals surface area contributed by atoms with Gasteiger partial charge in [0, 0.05) is 14.2 Å². The lowest BCUT2D eigenvalue weighted by atomic mass is 9.77. The molecule has 0 aromatic heterocycles. The first-order valence-corrected chi connectivity index (χ1v) is 8.51. The first-order chi connectivity index (χ1) is 10.3. The summed E-state index contributed by atoms with van der Waals surface area (Å²) in [5.74, 6) is -1.47. The van der Waals surface area contributed by atoms with Crippen LogP contribution in [0.3, 0.4) is 0 Å². The maximum atomic E-state index is 12.0. The van der Waals surface area contributed by atoms with Crippen molar-refractivity contribution in [3.05, 3.63) is 29.3 Å². The van der Waals surface area contributed by atoms with E-state index in [9.17, 15) is 13.2 Å². The van der Waals surface area contributed by atoms with E-state index in [-0.39, 0.29) is 6.54 Å². The highest BCUT2D eigenvalue weighted by Crippen LogP contribution is 2.38. The molecule has 122 valence electrons. The van der Waals surface area contributed by atoms with E-state index >= 15 is 0 Å². The maximum absolute atomic E-state index is 12.0. The summed E-state index contributed by atoms with van der Waals surface area (Å²) in [5, 5.41) is 9.12. The van der Waals surface area contributed by atoms with Crippen molar-refractivity contribution in [1.29, 1.82) is 0 Å². The van der Waals surface area contributed by atoms with Crippen molar-refractivity contribution in [3.63, 3.8) is 0 Å². The van der Waals surface area contributed by atoms with Crippen LogP contribution in [-0.2, 0) is 30.7 Å². The molecule has 0 heterocycles. The van der Waals surface area contributed by atoms with Gasteiger partial charge < -0.3 is 14.6 Å². The summed E-state index contributed by atoms with van der Waals surface area (Å²) in [5.41, 5.74) is 2.00. The fourth-order valence-electron chi connectivity index (χ4n) is 2.48. The number of nitrogens with zero attached hydrogens (tertiary/aromatic N) is 1. The van der Waals surface area contributed by atoms with Crippen molar-refractivity contribution >= 4 is 21.7 Å². The van der Waals surface area contributed by atoms with Gasteiger partial charge in [0.1, 0.15) is 0 Å². The molecule has 7 nitrogen and oxygen atoms in total. The summed E-state index contributed by atoms with van der Waals surface area (Å²) >= 11 is 0. The number of fused-ring (bicyclic) bond motifs is 1. The second-order valence-corrected chi connectivity index (χ2v) is 7.08. The molecule has 1 aliphatic rings. The number of carbonyl (C=O) groups is 1. The fraction of sp³-hybridized carbons (Fsp3) is 0.500. The van der Waals surface area contributed by atoms with Gasteiger partial charge in [-0.15, -0.1) is 0 Å². The molecule has 1 aromatic carbocycles. The minimum absolute atomic E-state index is 0.0115. The highest BCUT2D eigenvalue weighted by Gasteiger charge is 2.33. The van der Waals surface area contributed by atoms with Crippen LogP contribution in [0.15, 0.2) is 18.2 Å². The number of carboxylic acid groups (broad SMARTS) is 1. The Hall–Kier alpha value is -1.64. The summed E-state index contributed by atoms with van der Waals surface area (Å²) in [4.78, 5) is 11.1. The van der Waals surface area contributed by atoms with Crippen LogP contribution in [0.1, 0.15) is 17.0 Å². The van der Waals surface area contributed by atoms with Crippen LogP contribution in [-0.4, -0.2) is 52.8 Å². The third-order valence-corrected chi connectivity index (χ3v) is 4.92. The number of methoxy groups -OCH3 is 2. The van der Waals surface area contributed by atoms with E-state index in [2.05, 4.69) is 0 Å². The van der Waals surface area contributed by atoms with Crippen molar-refractivity contribution in [2.75, 3.05) is 31.3 Å². The zero-order chi connectivity index (χ0) is 16.5. The molecule has 1 N–H and O–H groups in total. The summed E-state index contributed by atoms with van der Waals surface area (Å²) in [6, 6.07) is 5.04. The van der Waals surface area contributed by atoms with Gasteiger partial charge in [-0.05, 0) is 29.7 Å². The predicted octanol–water partition coefficient (Wildman–Crippen LogP) is 0.796. The lowest BCUT2D eigenvalue weighted by molar-refractivity contribution is -0.139. The Morgan fingerprint density at radius 2 is 2.05 bits per heavy atom. The summed E-state index contributed by atoms with van der Waals surface area (Å²) in [6.45, 7) is -0.0115. The Morgan fingerprint density at radius 3 is 2.55 bits per heavy atom. The van der Waals surface area contributed by atoms with E-state index in [4.69, 9.17) is 14.6 Å². The number of sulfonamides is 1. The minimum Gasteiger partial charge on any atom is -0.481 e. The van der Waals surface area contributed by atoms with Crippen molar-refractivity contribution in [3.8, 4) is 0 Å². The number of hydrogen-bond acceptors (Lipinski definition) is 5. The molecular weight excluding hydrogens is 310 g/mol. The third kappa shape index (κ3) is 3.23. The molecule has 1 atom stereocenters. The average molecular weight is 329 g/mol. The number of anilines is 1. The molecule has 0 fully saturated rings. The molecule has 8 heteroatoms. The number of aliphatic carboxylic acids is 1. The van der Waals surface area contributed by atoms with Gasteiger partial charge in [0.15, 0.2) is 6.29 Å². The zero-order valence-corrected chi connectivity index (χ0v) is 13.5. The number of ether oxygens (including phenoxy) is 2.